The molecule has 0 bridgehead atoms. The van der Waals surface area contributed by atoms with E-state index in [0.29, 0.717) is 16.7 Å². The number of nitriles is 1. The predicted molar refractivity (Wildman–Crippen MR) is 88.5 cm³/mol. The zero-order valence-corrected chi connectivity index (χ0v) is 13.8. The molecule has 1 aromatic heterocycles. The Labute approximate surface area is 139 Å². The van der Waals surface area contributed by atoms with Crippen molar-refractivity contribution in [1.82, 2.24) is 14.8 Å². The minimum absolute atomic E-state index is 0.364. The molecule has 1 aromatic carbocycles. The van der Waals surface area contributed by atoms with Gasteiger partial charge < -0.3 is 0 Å². The lowest BCUT2D eigenvalue weighted by Gasteiger charge is -2.22. The van der Waals surface area contributed by atoms with E-state index in [1.54, 1.807) is 0 Å². The van der Waals surface area contributed by atoms with Gasteiger partial charge in [0.05, 0.1) is 17.5 Å². The molecule has 6 heteroatoms. The maximum atomic E-state index is 8.84. The van der Waals surface area contributed by atoms with Gasteiger partial charge in [0, 0.05) is 10.9 Å². The lowest BCUT2D eigenvalue weighted by atomic mass is 9.88. The summed E-state index contributed by atoms with van der Waals surface area (Å²) in [4.78, 5) is 0. The van der Waals surface area contributed by atoms with Gasteiger partial charge >= 0.3 is 0 Å². The fourth-order valence-electron chi connectivity index (χ4n) is 2.95. The molecule has 3 rings (SSSR count). The Morgan fingerprint density at radius 2 is 2.09 bits per heavy atom. The third-order valence-electron chi connectivity index (χ3n) is 3.96. The van der Waals surface area contributed by atoms with Crippen LogP contribution in [0.2, 0.25) is 5.02 Å². The highest BCUT2D eigenvalue weighted by atomic mass is 35.5. The lowest BCUT2D eigenvalue weighted by molar-refractivity contribution is 0.423. The molecular weight excluding hydrogens is 316 g/mol. The first-order valence-electron chi connectivity index (χ1n) is 7.50. The van der Waals surface area contributed by atoms with Crippen LogP contribution in [0, 0.1) is 11.3 Å². The highest BCUT2D eigenvalue weighted by Gasteiger charge is 2.24. The predicted octanol–water partition coefficient (Wildman–Crippen LogP) is 4.58. The number of hydrogen-bond donors (Lipinski definition) is 0. The summed E-state index contributed by atoms with van der Waals surface area (Å²) in [6.07, 6.45) is 6.10. The fourth-order valence-corrected chi connectivity index (χ4v) is 3.76. The summed E-state index contributed by atoms with van der Waals surface area (Å²) < 4.78 is 2.07. The van der Waals surface area contributed by atoms with E-state index in [0.717, 1.165) is 29.5 Å². The summed E-state index contributed by atoms with van der Waals surface area (Å²) >= 11 is 7.56. The molecule has 0 atom stereocenters. The standard InChI is InChI=1S/C16H17ClN4S/c17-13-7-4-8-14(11-13)21-15(12-5-2-1-3-6-12)19-20-16(21)22-10-9-18/h4,7-8,11-12H,1-3,5-6,10H2. The first-order valence-corrected chi connectivity index (χ1v) is 8.87. The number of halogens is 1. The second-order valence-corrected chi connectivity index (χ2v) is 6.82. The lowest BCUT2D eigenvalue weighted by Crippen LogP contribution is -2.12. The van der Waals surface area contributed by atoms with Crippen LogP contribution in [0.15, 0.2) is 29.4 Å². The van der Waals surface area contributed by atoms with E-state index in [1.165, 1.54) is 31.0 Å². The highest BCUT2D eigenvalue weighted by molar-refractivity contribution is 7.99. The number of rotatable bonds is 4. The van der Waals surface area contributed by atoms with Gasteiger partial charge in [0.15, 0.2) is 5.16 Å². The van der Waals surface area contributed by atoms with Crippen LogP contribution in [0.1, 0.15) is 43.8 Å². The fraction of sp³-hybridized carbons (Fsp3) is 0.438. The molecular formula is C16H17ClN4S. The molecule has 1 fully saturated rings. The molecule has 0 N–H and O–H groups in total. The molecule has 0 radical (unpaired) electrons. The summed E-state index contributed by atoms with van der Waals surface area (Å²) in [5, 5.41) is 19.1. The third-order valence-corrected chi connectivity index (χ3v) is 4.99. The van der Waals surface area contributed by atoms with Crippen LogP contribution < -0.4 is 0 Å². The van der Waals surface area contributed by atoms with E-state index in [2.05, 4.69) is 20.8 Å². The quantitative estimate of drug-likeness (QED) is 0.769. The number of hydrogen-bond acceptors (Lipinski definition) is 4. The molecule has 2 aromatic rings. The van der Waals surface area contributed by atoms with E-state index in [4.69, 9.17) is 16.9 Å². The summed E-state index contributed by atoms with van der Waals surface area (Å²) in [6, 6.07) is 9.88. The number of nitrogens with zero attached hydrogens (tertiary/aromatic N) is 4. The number of aromatic nitrogens is 3. The van der Waals surface area contributed by atoms with Gasteiger partial charge in [0.25, 0.3) is 0 Å². The van der Waals surface area contributed by atoms with Gasteiger partial charge in [-0.05, 0) is 31.0 Å². The van der Waals surface area contributed by atoms with Crippen molar-refractivity contribution in [1.29, 1.82) is 5.26 Å². The van der Waals surface area contributed by atoms with Gasteiger partial charge in [-0.25, -0.2) is 0 Å². The molecule has 1 heterocycles. The average molecular weight is 333 g/mol. The van der Waals surface area contributed by atoms with Crippen LogP contribution in [0.25, 0.3) is 5.69 Å². The van der Waals surface area contributed by atoms with E-state index < -0.39 is 0 Å². The normalized spacial score (nSPS) is 15.6. The zero-order chi connectivity index (χ0) is 15.4. The van der Waals surface area contributed by atoms with Crippen LogP contribution in [-0.2, 0) is 0 Å². The van der Waals surface area contributed by atoms with Crippen molar-refractivity contribution in [3.05, 3.63) is 35.1 Å². The molecule has 1 saturated carbocycles. The summed E-state index contributed by atoms with van der Waals surface area (Å²) in [7, 11) is 0. The second-order valence-electron chi connectivity index (χ2n) is 5.44. The van der Waals surface area contributed by atoms with Crippen molar-refractivity contribution in [2.75, 3.05) is 5.75 Å². The molecule has 0 aliphatic heterocycles. The molecule has 4 nitrogen and oxygen atoms in total. The van der Waals surface area contributed by atoms with Gasteiger partial charge in [0.1, 0.15) is 5.82 Å². The largest absolute Gasteiger partial charge is 0.274 e. The van der Waals surface area contributed by atoms with E-state index in [9.17, 15) is 0 Å². The smallest absolute Gasteiger partial charge is 0.196 e. The van der Waals surface area contributed by atoms with Crippen molar-refractivity contribution in [2.45, 2.75) is 43.2 Å². The maximum absolute atomic E-state index is 8.84. The minimum atomic E-state index is 0.364. The molecule has 1 aliphatic rings. The van der Waals surface area contributed by atoms with E-state index in [1.807, 2.05) is 24.3 Å². The van der Waals surface area contributed by atoms with Crippen molar-refractivity contribution in [2.24, 2.45) is 0 Å². The Balaban J connectivity index is 2.02. The number of thioether (sulfide) groups is 1. The molecule has 0 spiro atoms. The van der Waals surface area contributed by atoms with Gasteiger partial charge in [0.2, 0.25) is 0 Å². The third kappa shape index (κ3) is 3.29. The van der Waals surface area contributed by atoms with E-state index >= 15 is 0 Å². The first kappa shape index (κ1) is 15.4. The molecule has 0 unspecified atom stereocenters. The van der Waals surface area contributed by atoms with Crippen molar-refractivity contribution >= 4 is 23.4 Å². The van der Waals surface area contributed by atoms with Crippen LogP contribution in [0.4, 0.5) is 0 Å². The Hall–Kier alpha value is -1.51. The SMILES string of the molecule is N#CCSc1nnc(C2CCCCC2)n1-c1cccc(Cl)c1. The Bertz CT molecular complexity index is 686. The summed E-state index contributed by atoms with van der Waals surface area (Å²) in [5.74, 6) is 1.81. The molecule has 0 amide bonds. The van der Waals surface area contributed by atoms with Gasteiger partial charge in [-0.2, -0.15) is 5.26 Å². The monoisotopic (exact) mass is 332 g/mol. The minimum Gasteiger partial charge on any atom is -0.274 e. The summed E-state index contributed by atoms with van der Waals surface area (Å²) in [6.45, 7) is 0. The van der Waals surface area contributed by atoms with Crippen molar-refractivity contribution in [3.63, 3.8) is 0 Å². The highest BCUT2D eigenvalue weighted by Crippen LogP contribution is 2.35. The van der Waals surface area contributed by atoms with Gasteiger partial charge in [-0.3, -0.25) is 4.57 Å². The molecule has 0 saturated heterocycles. The Morgan fingerprint density at radius 3 is 2.82 bits per heavy atom. The zero-order valence-electron chi connectivity index (χ0n) is 12.2. The molecule has 22 heavy (non-hydrogen) atoms. The Kier molecular flexibility index (Phi) is 5.01. The molecule has 114 valence electrons. The second kappa shape index (κ2) is 7.17. The van der Waals surface area contributed by atoms with Crippen molar-refractivity contribution in [3.8, 4) is 11.8 Å². The summed E-state index contributed by atoms with van der Waals surface area (Å²) in [5.41, 5.74) is 0.971. The average Bonchev–Trinajstić information content (AvgIpc) is 2.97. The van der Waals surface area contributed by atoms with Crippen molar-refractivity contribution < 1.29 is 0 Å². The van der Waals surface area contributed by atoms with Crippen LogP contribution >= 0.6 is 23.4 Å². The first-order chi connectivity index (χ1) is 10.8. The molecule has 1 aliphatic carbocycles. The van der Waals surface area contributed by atoms with Crippen LogP contribution in [-0.4, -0.2) is 20.5 Å². The van der Waals surface area contributed by atoms with Gasteiger partial charge in [-0.1, -0.05) is 48.7 Å². The Morgan fingerprint density at radius 1 is 1.27 bits per heavy atom. The topological polar surface area (TPSA) is 54.5 Å². The van der Waals surface area contributed by atoms with E-state index in [-0.39, 0.29) is 0 Å². The number of benzene rings is 1. The maximum Gasteiger partial charge on any atom is 0.196 e. The van der Waals surface area contributed by atoms with Crippen LogP contribution in [0.3, 0.4) is 0 Å². The van der Waals surface area contributed by atoms with Gasteiger partial charge in [-0.15, -0.1) is 10.2 Å². The van der Waals surface area contributed by atoms with Crippen LogP contribution in [0.5, 0.6) is 0 Å².